The largest absolute Gasteiger partial charge is 0.488 e. The van der Waals surface area contributed by atoms with Gasteiger partial charge in [-0.15, -0.1) is 0 Å². The number of piperidine rings is 1. The van der Waals surface area contributed by atoms with Crippen molar-refractivity contribution in [2.75, 3.05) is 19.7 Å². The Morgan fingerprint density at radius 2 is 2.03 bits per heavy atom. The molecule has 2 aromatic rings. The minimum atomic E-state index is -0.494. The van der Waals surface area contributed by atoms with E-state index in [1.807, 2.05) is 31.6 Å². The summed E-state index contributed by atoms with van der Waals surface area (Å²) in [6.07, 6.45) is 6.64. The van der Waals surface area contributed by atoms with Gasteiger partial charge in [0.15, 0.2) is 6.23 Å². The molecule has 3 heterocycles. The molecule has 2 fully saturated rings. The van der Waals surface area contributed by atoms with Gasteiger partial charge in [-0.3, -0.25) is 0 Å². The molecular weight excluding hydrogens is 382 g/mol. The molecule has 0 N–H and O–H groups in total. The maximum Gasteiger partial charge on any atom is 0.410 e. The van der Waals surface area contributed by atoms with Crippen molar-refractivity contribution in [2.45, 2.75) is 77.7 Å². The number of hydrogen-bond acceptors (Lipinski definition) is 5. The molecule has 0 spiro atoms. The highest BCUT2D eigenvalue weighted by Crippen LogP contribution is 2.31. The standard InChI is InChI=1S/C23H33N3O4/c1-16-12-17-14-24-26(21-9-5-6-11-28-21)19(17)13-20(16)29-18-8-7-10-25(15-18)22(27)30-23(2,3)4/h12-14,18,21H,5-11,15H2,1-4H3/t18-,21?/m0/s1. The van der Waals surface area contributed by atoms with E-state index in [-0.39, 0.29) is 18.4 Å². The molecule has 0 aliphatic carbocycles. The topological polar surface area (TPSA) is 65.8 Å². The normalized spacial score (nSPS) is 22.9. The van der Waals surface area contributed by atoms with Crippen LogP contribution in [0.4, 0.5) is 4.79 Å². The van der Waals surface area contributed by atoms with Crippen LogP contribution in [-0.4, -0.2) is 52.2 Å². The average Bonchev–Trinajstić information content (AvgIpc) is 3.10. The van der Waals surface area contributed by atoms with E-state index in [0.717, 1.165) is 60.9 Å². The number of carbonyl (C=O) groups is 1. The van der Waals surface area contributed by atoms with Gasteiger partial charge in [0.05, 0.1) is 18.3 Å². The first kappa shape index (κ1) is 21.0. The maximum absolute atomic E-state index is 12.5. The Hall–Kier alpha value is -2.28. The average molecular weight is 416 g/mol. The van der Waals surface area contributed by atoms with E-state index in [4.69, 9.17) is 14.2 Å². The van der Waals surface area contributed by atoms with Gasteiger partial charge in [-0.05, 0) is 71.4 Å². The molecule has 164 valence electrons. The van der Waals surface area contributed by atoms with E-state index in [1.54, 1.807) is 4.90 Å². The van der Waals surface area contributed by atoms with Gasteiger partial charge >= 0.3 is 6.09 Å². The second-order valence-electron chi connectivity index (χ2n) is 9.40. The Morgan fingerprint density at radius 3 is 2.77 bits per heavy atom. The predicted molar refractivity (Wildman–Crippen MR) is 115 cm³/mol. The van der Waals surface area contributed by atoms with Crippen LogP contribution in [0.15, 0.2) is 18.3 Å². The lowest BCUT2D eigenvalue weighted by molar-refractivity contribution is -0.0367. The summed E-state index contributed by atoms with van der Waals surface area (Å²) in [5.74, 6) is 0.844. The Bertz CT molecular complexity index is 896. The van der Waals surface area contributed by atoms with Crippen molar-refractivity contribution >= 4 is 17.0 Å². The number of aromatic nitrogens is 2. The molecule has 1 aromatic carbocycles. The highest BCUT2D eigenvalue weighted by Gasteiger charge is 2.29. The number of amides is 1. The summed E-state index contributed by atoms with van der Waals surface area (Å²) in [7, 11) is 0. The molecule has 0 radical (unpaired) electrons. The third-order valence-corrected chi connectivity index (χ3v) is 5.64. The monoisotopic (exact) mass is 415 g/mol. The van der Waals surface area contributed by atoms with Crippen LogP contribution in [0.1, 0.15) is 64.7 Å². The molecule has 1 amide bonds. The van der Waals surface area contributed by atoms with Crippen LogP contribution in [0.3, 0.4) is 0 Å². The number of carbonyl (C=O) groups excluding carboxylic acids is 1. The van der Waals surface area contributed by atoms with Crippen molar-refractivity contribution in [2.24, 2.45) is 0 Å². The summed E-state index contributed by atoms with van der Waals surface area (Å²) in [5.41, 5.74) is 1.61. The van der Waals surface area contributed by atoms with Crippen LogP contribution in [0, 0.1) is 6.92 Å². The number of likely N-dealkylation sites (tertiary alicyclic amines) is 1. The Labute approximate surface area is 178 Å². The van der Waals surface area contributed by atoms with Crippen LogP contribution in [0.5, 0.6) is 5.75 Å². The molecular formula is C23H33N3O4. The first-order valence-corrected chi connectivity index (χ1v) is 11.0. The molecule has 30 heavy (non-hydrogen) atoms. The maximum atomic E-state index is 12.5. The Morgan fingerprint density at radius 1 is 1.20 bits per heavy atom. The number of benzene rings is 1. The number of nitrogens with zero attached hydrogens (tertiary/aromatic N) is 3. The summed E-state index contributed by atoms with van der Waals surface area (Å²) >= 11 is 0. The Balaban J connectivity index is 1.50. The van der Waals surface area contributed by atoms with Crippen LogP contribution in [-0.2, 0) is 9.47 Å². The van der Waals surface area contributed by atoms with E-state index in [0.29, 0.717) is 13.1 Å². The number of aryl methyl sites for hydroxylation is 1. The van der Waals surface area contributed by atoms with E-state index in [2.05, 4.69) is 24.2 Å². The van der Waals surface area contributed by atoms with Gasteiger partial charge in [-0.25, -0.2) is 9.48 Å². The molecule has 2 aliphatic heterocycles. The van der Waals surface area contributed by atoms with Crippen LogP contribution in [0.2, 0.25) is 0 Å². The van der Waals surface area contributed by atoms with Crippen LogP contribution < -0.4 is 4.74 Å². The van der Waals surface area contributed by atoms with Gasteiger partial charge in [-0.1, -0.05) is 0 Å². The first-order valence-electron chi connectivity index (χ1n) is 11.0. The first-order chi connectivity index (χ1) is 14.3. The van der Waals surface area contributed by atoms with Crippen LogP contribution in [0.25, 0.3) is 10.9 Å². The molecule has 1 aromatic heterocycles. The minimum absolute atomic E-state index is 0.0100. The zero-order valence-electron chi connectivity index (χ0n) is 18.5. The summed E-state index contributed by atoms with van der Waals surface area (Å²) in [5, 5.41) is 5.67. The summed E-state index contributed by atoms with van der Waals surface area (Å²) in [4.78, 5) is 14.2. The molecule has 1 unspecified atom stereocenters. The molecule has 2 saturated heterocycles. The third-order valence-electron chi connectivity index (χ3n) is 5.64. The molecule has 0 saturated carbocycles. The summed E-state index contributed by atoms with van der Waals surface area (Å²) in [6.45, 7) is 9.75. The van der Waals surface area contributed by atoms with Gasteiger partial charge < -0.3 is 19.1 Å². The quantitative estimate of drug-likeness (QED) is 0.719. The molecule has 7 heteroatoms. The lowest BCUT2D eigenvalue weighted by Crippen LogP contribution is -2.46. The van der Waals surface area contributed by atoms with Gasteiger partial charge in [0, 0.05) is 24.6 Å². The van der Waals surface area contributed by atoms with Gasteiger partial charge in [0.25, 0.3) is 0 Å². The van der Waals surface area contributed by atoms with Crippen molar-refractivity contribution in [1.29, 1.82) is 0 Å². The fourth-order valence-corrected chi connectivity index (χ4v) is 4.17. The summed E-state index contributed by atoms with van der Waals surface area (Å²) < 4.78 is 19.8. The van der Waals surface area contributed by atoms with Gasteiger partial charge in [0.2, 0.25) is 0 Å². The fourth-order valence-electron chi connectivity index (χ4n) is 4.17. The SMILES string of the molecule is Cc1cc2cnn(C3CCCCO3)c2cc1O[C@H]1CCCN(C(=O)OC(C)(C)C)C1. The fraction of sp³-hybridized carbons (Fsp3) is 0.652. The van der Waals surface area contributed by atoms with E-state index in [9.17, 15) is 4.79 Å². The summed E-state index contributed by atoms with van der Waals surface area (Å²) in [6, 6.07) is 4.19. The van der Waals surface area contributed by atoms with Crippen molar-refractivity contribution < 1.29 is 19.0 Å². The van der Waals surface area contributed by atoms with Crippen molar-refractivity contribution in [3.8, 4) is 5.75 Å². The number of rotatable bonds is 3. The highest BCUT2D eigenvalue weighted by atomic mass is 16.6. The predicted octanol–water partition coefficient (Wildman–Crippen LogP) is 4.82. The van der Waals surface area contributed by atoms with E-state index >= 15 is 0 Å². The molecule has 4 rings (SSSR count). The third kappa shape index (κ3) is 4.72. The second-order valence-corrected chi connectivity index (χ2v) is 9.40. The highest BCUT2D eigenvalue weighted by molar-refractivity contribution is 5.81. The lowest BCUT2D eigenvalue weighted by Gasteiger charge is -2.34. The minimum Gasteiger partial charge on any atom is -0.488 e. The number of ether oxygens (including phenoxy) is 3. The smallest absolute Gasteiger partial charge is 0.410 e. The number of hydrogen-bond donors (Lipinski definition) is 0. The molecule has 0 bridgehead atoms. The zero-order chi connectivity index (χ0) is 21.3. The molecule has 2 aliphatic rings. The van der Waals surface area contributed by atoms with Crippen LogP contribution >= 0.6 is 0 Å². The van der Waals surface area contributed by atoms with Crippen molar-refractivity contribution in [3.05, 3.63) is 23.9 Å². The zero-order valence-corrected chi connectivity index (χ0v) is 18.5. The number of fused-ring (bicyclic) bond motifs is 1. The second kappa shape index (κ2) is 8.46. The van der Waals surface area contributed by atoms with Gasteiger partial charge in [0.1, 0.15) is 17.5 Å². The lowest BCUT2D eigenvalue weighted by atomic mass is 10.1. The Kier molecular flexibility index (Phi) is 5.91. The van der Waals surface area contributed by atoms with Gasteiger partial charge in [-0.2, -0.15) is 5.10 Å². The molecule has 7 nitrogen and oxygen atoms in total. The molecule has 2 atom stereocenters. The van der Waals surface area contributed by atoms with Crippen molar-refractivity contribution in [1.82, 2.24) is 14.7 Å². The van der Waals surface area contributed by atoms with E-state index in [1.165, 1.54) is 0 Å². The van der Waals surface area contributed by atoms with Crippen molar-refractivity contribution in [3.63, 3.8) is 0 Å². The van der Waals surface area contributed by atoms with E-state index < -0.39 is 5.60 Å².